The highest BCUT2D eigenvalue weighted by Crippen LogP contribution is 2.23. The summed E-state index contributed by atoms with van der Waals surface area (Å²) < 4.78 is 0. The summed E-state index contributed by atoms with van der Waals surface area (Å²) in [5.41, 5.74) is 5.66. The van der Waals surface area contributed by atoms with Gasteiger partial charge < -0.3 is 15.7 Å². The standard InChI is InChI=1S/C13H18N2O2S/c14-8-10-2-1-7-15(10)13(17)9-18-12-5-3-11(16)4-6-12/h3-6,10,16H,1-2,7-9,14H2. The molecule has 3 N–H and O–H groups in total. The van der Waals surface area contributed by atoms with E-state index in [1.807, 2.05) is 17.0 Å². The molecule has 1 heterocycles. The number of benzene rings is 1. The van der Waals surface area contributed by atoms with Gasteiger partial charge in [-0.3, -0.25) is 4.79 Å². The number of nitrogens with zero attached hydrogens (tertiary/aromatic N) is 1. The number of phenols is 1. The zero-order chi connectivity index (χ0) is 13.0. The molecule has 1 aliphatic rings. The van der Waals surface area contributed by atoms with Crippen molar-refractivity contribution >= 4 is 17.7 Å². The summed E-state index contributed by atoms with van der Waals surface area (Å²) in [6.45, 7) is 1.38. The van der Waals surface area contributed by atoms with Crippen molar-refractivity contribution in [1.82, 2.24) is 4.90 Å². The molecule has 1 fully saturated rings. The van der Waals surface area contributed by atoms with E-state index in [4.69, 9.17) is 5.73 Å². The normalized spacial score (nSPS) is 19.2. The van der Waals surface area contributed by atoms with Crippen molar-refractivity contribution in [3.63, 3.8) is 0 Å². The van der Waals surface area contributed by atoms with Crippen LogP contribution in [0.3, 0.4) is 0 Å². The van der Waals surface area contributed by atoms with Crippen molar-refractivity contribution in [2.45, 2.75) is 23.8 Å². The molecule has 98 valence electrons. The molecule has 0 radical (unpaired) electrons. The maximum Gasteiger partial charge on any atom is 0.233 e. The third-order valence-corrected chi connectivity index (χ3v) is 4.17. The summed E-state index contributed by atoms with van der Waals surface area (Å²) in [6, 6.07) is 7.12. The molecule has 0 bridgehead atoms. The Kier molecular flexibility index (Phi) is 4.49. The molecule has 4 nitrogen and oxygen atoms in total. The second kappa shape index (κ2) is 6.11. The van der Waals surface area contributed by atoms with Crippen molar-refractivity contribution in [1.29, 1.82) is 0 Å². The molecule has 1 amide bonds. The Hall–Kier alpha value is -1.20. The Morgan fingerprint density at radius 3 is 2.83 bits per heavy atom. The number of carbonyl (C=O) groups excluding carboxylic acids is 1. The van der Waals surface area contributed by atoms with E-state index in [0.29, 0.717) is 12.3 Å². The van der Waals surface area contributed by atoms with Crippen molar-refractivity contribution in [2.75, 3.05) is 18.8 Å². The fraction of sp³-hybridized carbons (Fsp3) is 0.462. The lowest BCUT2D eigenvalue weighted by Crippen LogP contribution is -2.40. The number of amides is 1. The quantitative estimate of drug-likeness (QED) is 0.809. The number of aromatic hydroxyl groups is 1. The van der Waals surface area contributed by atoms with Crippen LogP contribution in [-0.2, 0) is 4.79 Å². The van der Waals surface area contributed by atoms with E-state index in [9.17, 15) is 9.90 Å². The van der Waals surface area contributed by atoms with E-state index >= 15 is 0 Å². The summed E-state index contributed by atoms with van der Waals surface area (Å²) in [5.74, 6) is 0.829. The summed E-state index contributed by atoms with van der Waals surface area (Å²) in [6.07, 6.45) is 2.07. The van der Waals surface area contributed by atoms with Gasteiger partial charge in [0.15, 0.2) is 0 Å². The lowest BCUT2D eigenvalue weighted by molar-refractivity contribution is -0.128. The van der Waals surface area contributed by atoms with Crippen molar-refractivity contribution in [2.24, 2.45) is 5.73 Å². The Morgan fingerprint density at radius 2 is 2.17 bits per heavy atom. The predicted octanol–water partition coefficient (Wildman–Crippen LogP) is 1.43. The van der Waals surface area contributed by atoms with E-state index in [0.717, 1.165) is 24.3 Å². The third kappa shape index (κ3) is 3.17. The first-order valence-corrected chi connectivity index (χ1v) is 7.10. The first-order chi connectivity index (χ1) is 8.70. The van der Waals surface area contributed by atoms with Crippen molar-refractivity contribution < 1.29 is 9.90 Å². The van der Waals surface area contributed by atoms with Gasteiger partial charge in [-0.25, -0.2) is 0 Å². The molecule has 0 saturated carbocycles. The average Bonchev–Trinajstić information content (AvgIpc) is 2.86. The summed E-state index contributed by atoms with van der Waals surface area (Å²) in [5, 5.41) is 9.18. The van der Waals surface area contributed by atoms with Crippen LogP contribution in [0.1, 0.15) is 12.8 Å². The van der Waals surface area contributed by atoms with Crippen LogP contribution in [0.5, 0.6) is 5.75 Å². The molecule has 1 unspecified atom stereocenters. The number of thioether (sulfide) groups is 1. The minimum absolute atomic E-state index is 0.154. The van der Waals surface area contributed by atoms with Gasteiger partial charge in [0.05, 0.1) is 5.75 Å². The molecule has 18 heavy (non-hydrogen) atoms. The molecule has 1 saturated heterocycles. The lowest BCUT2D eigenvalue weighted by atomic mass is 10.2. The summed E-state index contributed by atoms with van der Waals surface area (Å²) in [7, 11) is 0. The number of nitrogens with two attached hydrogens (primary N) is 1. The Balaban J connectivity index is 1.86. The van der Waals surface area contributed by atoms with Crippen LogP contribution in [0, 0.1) is 0 Å². The van der Waals surface area contributed by atoms with E-state index in [-0.39, 0.29) is 17.7 Å². The molecule has 1 atom stereocenters. The molecule has 0 spiro atoms. The Morgan fingerprint density at radius 1 is 1.44 bits per heavy atom. The summed E-state index contributed by atoms with van der Waals surface area (Å²) >= 11 is 1.49. The molecule has 1 aromatic carbocycles. The number of phenolic OH excluding ortho intramolecular Hbond substituents is 1. The van der Waals surface area contributed by atoms with E-state index in [2.05, 4.69) is 0 Å². The van der Waals surface area contributed by atoms with Crippen LogP contribution >= 0.6 is 11.8 Å². The first kappa shape index (κ1) is 13.2. The molecule has 1 aromatic rings. The van der Waals surface area contributed by atoms with Crippen LogP contribution in [0.25, 0.3) is 0 Å². The molecule has 2 rings (SSSR count). The molecule has 0 aromatic heterocycles. The number of hydrogen-bond donors (Lipinski definition) is 2. The van der Waals surface area contributed by atoms with Gasteiger partial charge in [0, 0.05) is 24.0 Å². The predicted molar refractivity (Wildman–Crippen MR) is 72.6 cm³/mol. The van der Waals surface area contributed by atoms with Gasteiger partial charge in [-0.05, 0) is 37.1 Å². The monoisotopic (exact) mass is 266 g/mol. The zero-order valence-electron chi connectivity index (χ0n) is 10.2. The molecular weight excluding hydrogens is 248 g/mol. The van der Waals surface area contributed by atoms with Crippen LogP contribution in [0.15, 0.2) is 29.2 Å². The smallest absolute Gasteiger partial charge is 0.233 e. The first-order valence-electron chi connectivity index (χ1n) is 6.12. The van der Waals surface area contributed by atoms with Gasteiger partial charge in [-0.15, -0.1) is 11.8 Å². The fourth-order valence-electron chi connectivity index (χ4n) is 2.18. The second-order valence-electron chi connectivity index (χ2n) is 4.40. The second-order valence-corrected chi connectivity index (χ2v) is 5.45. The van der Waals surface area contributed by atoms with Crippen molar-refractivity contribution in [3.05, 3.63) is 24.3 Å². The maximum absolute atomic E-state index is 12.1. The molecule has 0 aliphatic carbocycles. The highest BCUT2D eigenvalue weighted by atomic mass is 32.2. The van der Waals surface area contributed by atoms with Gasteiger partial charge in [0.2, 0.25) is 5.91 Å². The fourth-order valence-corrected chi connectivity index (χ4v) is 2.96. The van der Waals surface area contributed by atoms with Crippen LogP contribution < -0.4 is 5.73 Å². The van der Waals surface area contributed by atoms with Crippen LogP contribution in [0.4, 0.5) is 0 Å². The molecule has 1 aliphatic heterocycles. The maximum atomic E-state index is 12.1. The van der Waals surface area contributed by atoms with Gasteiger partial charge in [0.1, 0.15) is 5.75 Å². The van der Waals surface area contributed by atoms with Gasteiger partial charge in [-0.2, -0.15) is 0 Å². The van der Waals surface area contributed by atoms with Crippen molar-refractivity contribution in [3.8, 4) is 5.75 Å². The minimum Gasteiger partial charge on any atom is -0.508 e. The zero-order valence-corrected chi connectivity index (χ0v) is 11.0. The minimum atomic E-state index is 0.154. The lowest BCUT2D eigenvalue weighted by Gasteiger charge is -2.23. The Labute approximate surface area is 111 Å². The van der Waals surface area contributed by atoms with Gasteiger partial charge >= 0.3 is 0 Å². The molecule has 5 heteroatoms. The highest BCUT2D eigenvalue weighted by molar-refractivity contribution is 8.00. The topological polar surface area (TPSA) is 66.6 Å². The van der Waals surface area contributed by atoms with E-state index in [1.54, 1.807) is 12.1 Å². The highest BCUT2D eigenvalue weighted by Gasteiger charge is 2.27. The average molecular weight is 266 g/mol. The van der Waals surface area contributed by atoms with Crippen LogP contribution in [0.2, 0.25) is 0 Å². The van der Waals surface area contributed by atoms with E-state index < -0.39 is 0 Å². The van der Waals surface area contributed by atoms with E-state index in [1.165, 1.54) is 11.8 Å². The third-order valence-electron chi connectivity index (χ3n) is 3.17. The Bertz CT molecular complexity index is 408. The van der Waals surface area contributed by atoms with Gasteiger partial charge in [-0.1, -0.05) is 0 Å². The summed E-state index contributed by atoms with van der Waals surface area (Å²) in [4.78, 5) is 14.9. The number of rotatable bonds is 4. The largest absolute Gasteiger partial charge is 0.508 e. The number of carbonyl (C=O) groups is 1. The number of hydrogen-bond acceptors (Lipinski definition) is 4. The van der Waals surface area contributed by atoms with Crippen LogP contribution in [-0.4, -0.2) is 40.8 Å². The SMILES string of the molecule is NCC1CCCN1C(=O)CSc1ccc(O)cc1. The number of likely N-dealkylation sites (tertiary alicyclic amines) is 1. The van der Waals surface area contributed by atoms with Gasteiger partial charge in [0.25, 0.3) is 0 Å². The molecular formula is C13H18N2O2S.